The van der Waals surface area contributed by atoms with Gasteiger partial charge in [-0.3, -0.25) is 9.69 Å². The van der Waals surface area contributed by atoms with Gasteiger partial charge in [-0.2, -0.15) is 0 Å². The van der Waals surface area contributed by atoms with E-state index in [1.165, 1.54) is 14.1 Å². The summed E-state index contributed by atoms with van der Waals surface area (Å²) in [6, 6.07) is 9.20. The number of hydrogen-bond donors (Lipinski definition) is 2. The minimum atomic E-state index is -0.395. The third-order valence-electron chi connectivity index (χ3n) is 3.44. The summed E-state index contributed by atoms with van der Waals surface area (Å²) in [4.78, 5) is 27.0. The van der Waals surface area contributed by atoms with Crippen molar-refractivity contribution in [3.05, 3.63) is 30.3 Å². The Bertz CT molecular complexity index is 477. The first-order valence-electron chi connectivity index (χ1n) is 6.66. The van der Waals surface area contributed by atoms with Crippen molar-refractivity contribution in [2.24, 2.45) is 0 Å². The highest BCUT2D eigenvalue weighted by molar-refractivity contribution is 5.97. The van der Waals surface area contributed by atoms with Gasteiger partial charge >= 0.3 is 6.03 Å². The van der Waals surface area contributed by atoms with Gasteiger partial charge in [-0.1, -0.05) is 18.2 Å². The van der Waals surface area contributed by atoms with E-state index in [0.29, 0.717) is 13.1 Å². The van der Waals surface area contributed by atoms with E-state index in [9.17, 15) is 9.59 Å². The quantitative estimate of drug-likeness (QED) is 0.813. The van der Waals surface area contributed by atoms with Gasteiger partial charge in [0.15, 0.2) is 0 Å². The van der Waals surface area contributed by atoms with Crippen LogP contribution in [-0.2, 0) is 4.79 Å². The van der Waals surface area contributed by atoms with Gasteiger partial charge in [0, 0.05) is 39.4 Å². The summed E-state index contributed by atoms with van der Waals surface area (Å²) in [7, 11) is 3.00. The van der Waals surface area contributed by atoms with Gasteiger partial charge in [0.25, 0.3) is 0 Å². The van der Waals surface area contributed by atoms with E-state index in [0.717, 1.165) is 17.1 Å². The normalized spacial score (nSPS) is 18.5. The molecule has 1 aromatic carbocycles. The zero-order valence-electron chi connectivity index (χ0n) is 11.8. The van der Waals surface area contributed by atoms with Crippen LogP contribution < -0.4 is 15.5 Å². The van der Waals surface area contributed by atoms with Gasteiger partial charge < -0.3 is 15.5 Å². The number of urea groups is 1. The molecule has 1 aromatic rings. The molecule has 0 bridgehead atoms. The van der Waals surface area contributed by atoms with Crippen LogP contribution in [0.1, 0.15) is 0 Å². The molecule has 0 radical (unpaired) electrons. The topological polar surface area (TPSA) is 64.7 Å². The summed E-state index contributed by atoms with van der Waals surface area (Å²) < 4.78 is 0. The predicted molar refractivity (Wildman–Crippen MR) is 77.7 cm³/mol. The summed E-state index contributed by atoms with van der Waals surface area (Å²) in [6.07, 6.45) is 0. The Hall–Kier alpha value is -2.08. The summed E-state index contributed by atoms with van der Waals surface area (Å²) in [5, 5.41) is 5.62. The number of rotatable bonds is 2. The van der Waals surface area contributed by atoms with Crippen LogP contribution in [0.4, 0.5) is 10.5 Å². The molecule has 0 spiro atoms. The number of hydrogen-bond acceptors (Lipinski definition) is 4. The maximum absolute atomic E-state index is 12.3. The van der Waals surface area contributed by atoms with Crippen molar-refractivity contribution in [3.8, 4) is 0 Å². The van der Waals surface area contributed by atoms with E-state index in [2.05, 4.69) is 15.5 Å². The number of imide groups is 1. The lowest BCUT2D eigenvalue weighted by molar-refractivity contribution is -0.129. The molecule has 1 unspecified atom stereocenters. The fourth-order valence-corrected chi connectivity index (χ4v) is 2.29. The van der Waals surface area contributed by atoms with Crippen molar-refractivity contribution in [2.75, 3.05) is 38.6 Å². The number of para-hydroxylation sites is 1. The van der Waals surface area contributed by atoms with Crippen molar-refractivity contribution in [3.63, 3.8) is 0 Å². The van der Waals surface area contributed by atoms with Crippen LogP contribution in [0, 0.1) is 0 Å². The van der Waals surface area contributed by atoms with E-state index in [1.807, 2.05) is 30.3 Å². The smallest absolute Gasteiger partial charge is 0.323 e. The molecule has 1 aliphatic heterocycles. The van der Waals surface area contributed by atoms with Crippen LogP contribution in [-0.4, -0.2) is 56.6 Å². The molecule has 1 heterocycles. The zero-order chi connectivity index (χ0) is 14.5. The molecular weight excluding hydrogens is 256 g/mol. The van der Waals surface area contributed by atoms with Crippen LogP contribution in [0.15, 0.2) is 30.3 Å². The van der Waals surface area contributed by atoms with Crippen LogP contribution >= 0.6 is 0 Å². The van der Waals surface area contributed by atoms with Crippen molar-refractivity contribution >= 4 is 17.6 Å². The first kappa shape index (κ1) is 14.3. The highest BCUT2D eigenvalue weighted by Crippen LogP contribution is 2.15. The van der Waals surface area contributed by atoms with E-state index in [1.54, 1.807) is 0 Å². The van der Waals surface area contributed by atoms with Crippen LogP contribution in [0.3, 0.4) is 0 Å². The molecule has 0 aliphatic carbocycles. The molecule has 2 N–H and O–H groups in total. The lowest BCUT2D eigenvalue weighted by atomic mass is 10.1. The average Bonchev–Trinajstić information content (AvgIpc) is 2.53. The second kappa shape index (κ2) is 6.38. The molecule has 2 rings (SSSR count). The van der Waals surface area contributed by atoms with Gasteiger partial charge in [0.2, 0.25) is 5.91 Å². The Morgan fingerprint density at radius 1 is 1.35 bits per heavy atom. The molecule has 6 heteroatoms. The van der Waals surface area contributed by atoms with Crippen molar-refractivity contribution in [1.82, 2.24) is 15.5 Å². The highest BCUT2D eigenvalue weighted by Gasteiger charge is 2.29. The number of benzene rings is 1. The largest absolute Gasteiger partial charge is 0.368 e. The lowest BCUT2D eigenvalue weighted by Crippen LogP contribution is -2.59. The maximum Gasteiger partial charge on any atom is 0.323 e. The van der Waals surface area contributed by atoms with E-state index in [-0.39, 0.29) is 11.9 Å². The first-order chi connectivity index (χ1) is 9.63. The SMILES string of the molecule is CNC(=O)N(C)C(=O)C1CN(c2ccccc2)CCN1. The number of amides is 3. The van der Waals surface area contributed by atoms with Gasteiger partial charge in [-0.05, 0) is 12.1 Å². The van der Waals surface area contributed by atoms with Crippen molar-refractivity contribution < 1.29 is 9.59 Å². The Morgan fingerprint density at radius 2 is 2.05 bits per heavy atom. The van der Waals surface area contributed by atoms with Crippen LogP contribution in [0.2, 0.25) is 0 Å². The number of anilines is 1. The monoisotopic (exact) mass is 276 g/mol. The summed E-state index contributed by atoms with van der Waals surface area (Å²) in [5.41, 5.74) is 1.09. The fourth-order valence-electron chi connectivity index (χ4n) is 2.29. The predicted octanol–water partition coefficient (Wildman–Crippen LogP) is 0.263. The standard InChI is InChI=1S/C14H20N4O2/c1-15-14(20)17(2)13(19)12-10-18(9-8-16-12)11-6-4-3-5-7-11/h3-7,12,16H,8-10H2,1-2H3,(H,15,20). The number of carbonyl (C=O) groups is 2. The summed E-state index contributed by atoms with van der Waals surface area (Å²) in [5.74, 6) is -0.218. The Kier molecular flexibility index (Phi) is 4.57. The molecule has 1 saturated heterocycles. The molecule has 108 valence electrons. The molecule has 6 nitrogen and oxygen atoms in total. The third kappa shape index (κ3) is 3.08. The number of piperazine rings is 1. The van der Waals surface area contributed by atoms with Gasteiger partial charge in [-0.25, -0.2) is 4.79 Å². The number of nitrogens with zero attached hydrogens (tertiary/aromatic N) is 2. The molecule has 0 saturated carbocycles. The van der Waals surface area contributed by atoms with Crippen molar-refractivity contribution in [2.45, 2.75) is 6.04 Å². The molecule has 3 amide bonds. The maximum atomic E-state index is 12.3. The van der Waals surface area contributed by atoms with Crippen LogP contribution in [0.25, 0.3) is 0 Å². The first-order valence-corrected chi connectivity index (χ1v) is 6.66. The second-order valence-corrected chi connectivity index (χ2v) is 4.74. The van der Waals surface area contributed by atoms with E-state index in [4.69, 9.17) is 0 Å². The van der Waals surface area contributed by atoms with E-state index < -0.39 is 6.03 Å². The molecule has 1 fully saturated rings. The lowest BCUT2D eigenvalue weighted by Gasteiger charge is -2.35. The molecule has 1 aliphatic rings. The Balaban J connectivity index is 2.04. The molecule has 0 aromatic heterocycles. The Morgan fingerprint density at radius 3 is 2.70 bits per heavy atom. The highest BCUT2D eigenvalue weighted by atomic mass is 16.2. The van der Waals surface area contributed by atoms with Gasteiger partial charge in [-0.15, -0.1) is 0 Å². The minimum absolute atomic E-state index is 0.218. The third-order valence-corrected chi connectivity index (χ3v) is 3.44. The number of likely N-dealkylation sites (N-methyl/N-ethyl adjacent to an activating group) is 1. The van der Waals surface area contributed by atoms with Gasteiger partial charge in [0.1, 0.15) is 6.04 Å². The van der Waals surface area contributed by atoms with Crippen molar-refractivity contribution in [1.29, 1.82) is 0 Å². The number of nitrogens with one attached hydrogen (secondary N) is 2. The van der Waals surface area contributed by atoms with Gasteiger partial charge in [0.05, 0.1) is 0 Å². The molecule has 1 atom stereocenters. The Labute approximate surface area is 118 Å². The number of carbonyl (C=O) groups excluding carboxylic acids is 2. The molecule has 20 heavy (non-hydrogen) atoms. The summed E-state index contributed by atoms with van der Waals surface area (Å²) >= 11 is 0. The zero-order valence-corrected chi connectivity index (χ0v) is 11.8. The van der Waals surface area contributed by atoms with Crippen LogP contribution in [0.5, 0.6) is 0 Å². The van der Waals surface area contributed by atoms with E-state index >= 15 is 0 Å². The summed E-state index contributed by atoms with van der Waals surface area (Å²) in [6.45, 7) is 2.12. The fraction of sp³-hybridized carbons (Fsp3) is 0.429. The second-order valence-electron chi connectivity index (χ2n) is 4.74. The average molecular weight is 276 g/mol. The minimum Gasteiger partial charge on any atom is -0.368 e. The molecular formula is C14H20N4O2.